The Balaban J connectivity index is 1.48. The van der Waals surface area contributed by atoms with Crippen LogP contribution in [0.3, 0.4) is 0 Å². The molecule has 2 aromatic heterocycles. The average molecular weight is 377 g/mol. The van der Waals surface area contributed by atoms with Crippen molar-refractivity contribution in [2.24, 2.45) is 0 Å². The van der Waals surface area contributed by atoms with Crippen LogP contribution < -0.4 is 4.90 Å². The molecule has 7 heteroatoms. The van der Waals surface area contributed by atoms with Gasteiger partial charge < -0.3 is 9.14 Å². The minimum absolute atomic E-state index is 0.0121. The molecule has 0 fully saturated rings. The van der Waals surface area contributed by atoms with E-state index in [-0.39, 0.29) is 19.1 Å². The lowest BCUT2D eigenvalue weighted by atomic mass is 10.2. The van der Waals surface area contributed by atoms with E-state index in [1.165, 1.54) is 16.7 Å². The minimum atomic E-state index is -0.510. The highest BCUT2D eigenvalue weighted by atomic mass is 32.2. The molecule has 0 unspecified atom stereocenters. The van der Waals surface area contributed by atoms with Crippen molar-refractivity contribution in [3.63, 3.8) is 0 Å². The number of carbonyl (C=O) groups excluding carboxylic acids is 2. The van der Waals surface area contributed by atoms with Crippen LogP contribution in [0.2, 0.25) is 0 Å². The van der Waals surface area contributed by atoms with Crippen molar-refractivity contribution in [2.75, 3.05) is 17.2 Å². The van der Waals surface area contributed by atoms with E-state index in [0.717, 1.165) is 16.1 Å². The summed E-state index contributed by atoms with van der Waals surface area (Å²) in [7, 11) is 0. The molecule has 0 bridgehead atoms. The normalized spacial score (nSPS) is 13.3. The molecule has 3 aromatic rings. The molecule has 0 atom stereocenters. The molecule has 1 amide bonds. The summed E-state index contributed by atoms with van der Waals surface area (Å²) >= 11 is 1.46. The van der Waals surface area contributed by atoms with Crippen LogP contribution >= 0.6 is 11.8 Å². The van der Waals surface area contributed by atoms with Gasteiger partial charge in [-0.3, -0.25) is 14.5 Å². The number of fused-ring (bicyclic) bond motifs is 2. The van der Waals surface area contributed by atoms with Gasteiger partial charge in [0.15, 0.2) is 0 Å². The van der Waals surface area contributed by atoms with E-state index in [1.807, 2.05) is 53.1 Å². The van der Waals surface area contributed by atoms with Crippen molar-refractivity contribution >= 4 is 34.8 Å². The summed E-state index contributed by atoms with van der Waals surface area (Å²) in [6.45, 7) is -0.159. The zero-order valence-electron chi connectivity index (χ0n) is 14.3. The summed E-state index contributed by atoms with van der Waals surface area (Å²) in [6, 6.07) is 15.2. The quantitative estimate of drug-likeness (QED) is 0.654. The second-order valence-electron chi connectivity index (χ2n) is 6.03. The van der Waals surface area contributed by atoms with Gasteiger partial charge in [-0.25, -0.2) is 0 Å². The standard InChI is InChI=1S/C20H15N3O3S/c21-9-15-14(10-22-8-4-3-5-16(15)22)12-26-20(25)11-23-17-6-1-2-7-18(17)27-13-19(23)24/h1-8,10H,11-13H2. The molecule has 134 valence electrons. The number of amides is 1. The number of hydrogen-bond donors (Lipinski definition) is 0. The highest BCUT2D eigenvalue weighted by molar-refractivity contribution is 8.00. The Kier molecular flexibility index (Phi) is 4.57. The molecule has 27 heavy (non-hydrogen) atoms. The van der Waals surface area contributed by atoms with Crippen molar-refractivity contribution in [1.82, 2.24) is 4.40 Å². The van der Waals surface area contributed by atoms with E-state index in [2.05, 4.69) is 6.07 Å². The van der Waals surface area contributed by atoms with E-state index >= 15 is 0 Å². The number of para-hydroxylation sites is 1. The lowest BCUT2D eigenvalue weighted by Gasteiger charge is -2.27. The number of hydrogen-bond acceptors (Lipinski definition) is 5. The molecule has 0 N–H and O–H groups in total. The monoisotopic (exact) mass is 377 g/mol. The number of rotatable bonds is 4. The topological polar surface area (TPSA) is 74.8 Å². The first kappa shape index (κ1) is 17.2. The van der Waals surface area contributed by atoms with E-state index in [0.29, 0.717) is 16.9 Å². The van der Waals surface area contributed by atoms with Crippen LogP contribution in [0.4, 0.5) is 5.69 Å². The number of aromatic nitrogens is 1. The molecule has 0 radical (unpaired) electrons. The summed E-state index contributed by atoms with van der Waals surface area (Å²) in [5.74, 6) is -0.333. The number of nitriles is 1. The number of anilines is 1. The van der Waals surface area contributed by atoms with Gasteiger partial charge in [0, 0.05) is 22.9 Å². The predicted molar refractivity (Wildman–Crippen MR) is 101 cm³/mol. The summed E-state index contributed by atoms with van der Waals surface area (Å²) in [5.41, 5.74) is 2.61. The Hall–Kier alpha value is -3.24. The van der Waals surface area contributed by atoms with Gasteiger partial charge in [-0.2, -0.15) is 5.26 Å². The number of carbonyl (C=O) groups is 2. The first-order valence-electron chi connectivity index (χ1n) is 8.34. The van der Waals surface area contributed by atoms with Gasteiger partial charge in [0.2, 0.25) is 5.91 Å². The van der Waals surface area contributed by atoms with Crippen LogP contribution in [0.15, 0.2) is 59.8 Å². The Bertz CT molecular complexity index is 1080. The largest absolute Gasteiger partial charge is 0.459 e. The van der Waals surface area contributed by atoms with Crippen LogP contribution in [-0.2, 0) is 20.9 Å². The molecule has 0 saturated carbocycles. The first-order chi connectivity index (χ1) is 13.2. The maximum absolute atomic E-state index is 12.3. The average Bonchev–Trinajstić information content (AvgIpc) is 3.06. The fraction of sp³-hybridized carbons (Fsp3) is 0.150. The summed E-state index contributed by atoms with van der Waals surface area (Å²) < 4.78 is 7.18. The van der Waals surface area contributed by atoms with Crippen LogP contribution in [0.1, 0.15) is 11.1 Å². The predicted octanol–water partition coefficient (Wildman–Crippen LogP) is 2.99. The van der Waals surface area contributed by atoms with E-state index in [1.54, 1.807) is 6.20 Å². The fourth-order valence-corrected chi connectivity index (χ4v) is 4.01. The van der Waals surface area contributed by atoms with Gasteiger partial charge in [-0.05, 0) is 24.3 Å². The van der Waals surface area contributed by atoms with Gasteiger partial charge in [-0.1, -0.05) is 18.2 Å². The van der Waals surface area contributed by atoms with Crippen molar-refractivity contribution in [3.8, 4) is 6.07 Å². The Morgan fingerprint density at radius 2 is 2.04 bits per heavy atom. The summed E-state index contributed by atoms with van der Waals surface area (Å²) in [6.07, 6.45) is 3.61. The van der Waals surface area contributed by atoms with Crippen LogP contribution in [0, 0.1) is 11.3 Å². The molecular weight excluding hydrogens is 362 g/mol. The number of nitrogens with zero attached hydrogens (tertiary/aromatic N) is 3. The smallest absolute Gasteiger partial charge is 0.326 e. The van der Waals surface area contributed by atoms with Crippen LogP contribution in [0.25, 0.3) is 5.52 Å². The lowest BCUT2D eigenvalue weighted by molar-refractivity contribution is -0.144. The van der Waals surface area contributed by atoms with Gasteiger partial charge in [0.05, 0.1) is 22.5 Å². The second-order valence-corrected chi connectivity index (χ2v) is 7.05. The third-order valence-electron chi connectivity index (χ3n) is 4.36. The van der Waals surface area contributed by atoms with Gasteiger partial charge in [0.25, 0.3) is 0 Å². The second kappa shape index (κ2) is 7.17. The highest BCUT2D eigenvalue weighted by Gasteiger charge is 2.26. The molecule has 3 heterocycles. The maximum Gasteiger partial charge on any atom is 0.326 e. The van der Waals surface area contributed by atoms with Gasteiger partial charge in [-0.15, -0.1) is 11.8 Å². The van der Waals surface area contributed by atoms with Crippen molar-refractivity contribution in [1.29, 1.82) is 5.26 Å². The Morgan fingerprint density at radius 3 is 2.89 bits per heavy atom. The Labute approximate surface area is 160 Å². The zero-order valence-corrected chi connectivity index (χ0v) is 15.1. The van der Waals surface area contributed by atoms with Gasteiger partial charge >= 0.3 is 5.97 Å². The minimum Gasteiger partial charge on any atom is -0.459 e. The molecular formula is C20H15N3O3S. The Morgan fingerprint density at radius 1 is 1.22 bits per heavy atom. The third kappa shape index (κ3) is 3.27. The molecule has 6 nitrogen and oxygen atoms in total. The SMILES string of the molecule is N#Cc1c(COC(=O)CN2C(=O)CSc3ccccc32)cn2ccccc12. The first-order valence-corrected chi connectivity index (χ1v) is 9.32. The van der Waals surface area contributed by atoms with E-state index in [4.69, 9.17) is 4.74 Å². The molecule has 0 spiro atoms. The van der Waals surface area contributed by atoms with Gasteiger partial charge in [0.1, 0.15) is 19.2 Å². The maximum atomic E-state index is 12.3. The zero-order chi connectivity index (χ0) is 18.8. The molecule has 1 aliphatic rings. The fourth-order valence-electron chi connectivity index (χ4n) is 3.08. The molecule has 0 saturated heterocycles. The molecule has 1 aromatic carbocycles. The van der Waals surface area contributed by atoms with Crippen LogP contribution in [-0.4, -0.2) is 28.6 Å². The van der Waals surface area contributed by atoms with E-state index < -0.39 is 5.97 Å². The molecule has 4 rings (SSSR count). The number of benzene rings is 1. The van der Waals surface area contributed by atoms with Crippen molar-refractivity contribution in [3.05, 3.63) is 66.0 Å². The van der Waals surface area contributed by atoms with E-state index in [9.17, 15) is 14.9 Å². The number of esters is 1. The number of pyridine rings is 1. The molecule has 0 aliphatic carbocycles. The van der Waals surface area contributed by atoms with Crippen LogP contribution in [0.5, 0.6) is 0 Å². The molecule has 1 aliphatic heterocycles. The number of thioether (sulfide) groups is 1. The van der Waals surface area contributed by atoms with Crippen molar-refractivity contribution < 1.29 is 14.3 Å². The number of ether oxygens (including phenoxy) is 1. The summed E-state index contributed by atoms with van der Waals surface area (Å²) in [5, 5.41) is 9.42. The highest BCUT2D eigenvalue weighted by Crippen LogP contribution is 2.34. The summed E-state index contributed by atoms with van der Waals surface area (Å²) in [4.78, 5) is 27.0. The third-order valence-corrected chi connectivity index (χ3v) is 5.41. The van der Waals surface area contributed by atoms with Crippen molar-refractivity contribution in [2.45, 2.75) is 11.5 Å². The lowest BCUT2D eigenvalue weighted by Crippen LogP contribution is -2.39.